The summed E-state index contributed by atoms with van der Waals surface area (Å²) >= 11 is 0. The second-order valence-electron chi connectivity index (χ2n) is 4.38. The van der Waals surface area contributed by atoms with Crippen molar-refractivity contribution in [3.63, 3.8) is 0 Å². The lowest BCUT2D eigenvalue weighted by Crippen LogP contribution is -1.96. The SMILES string of the molecule is Cc1c(N)ccc(N=Nc2ccc(S(=O)(=O)O)cc2)c1N. The van der Waals surface area contributed by atoms with Gasteiger partial charge in [0.2, 0.25) is 0 Å². The molecule has 0 amide bonds. The number of benzene rings is 2. The second kappa shape index (κ2) is 5.51. The minimum Gasteiger partial charge on any atom is -0.398 e. The van der Waals surface area contributed by atoms with Crippen molar-refractivity contribution in [2.75, 3.05) is 11.5 Å². The smallest absolute Gasteiger partial charge is 0.294 e. The van der Waals surface area contributed by atoms with E-state index >= 15 is 0 Å². The average molecular weight is 306 g/mol. The van der Waals surface area contributed by atoms with Gasteiger partial charge in [0.25, 0.3) is 10.1 Å². The molecular formula is C13H14N4O3S. The lowest BCUT2D eigenvalue weighted by atomic mass is 10.1. The Labute approximate surface area is 122 Å². The van der Waals surface area contributed by atoms with Crippen LogP contribution in [0.25, 0.3) is 0 Å². The highest BCUT2D eigenvalue weighted by atomic mass is 32.2. The Morgan fingerprint density at radius 1 is 1.00 bits per heavy atom. The summed E-state index contributed by atoms with van der Waals surface area (Å²) in [6.45, 7) is 1.78. The monoisotopic (exact) mass is 306 g/mol. The molecule has 7 nitrogen and oxygen atoms in total. The highest BCUT2D eigenvalue weighted by molar-refractivity contribution is 7.85. The number of nitrogen functional groups attached to an aromatic ring is 2. The third-order valence-corrected chi connectivity index (χ3v) is 3.81. The van der Waals surface area contributed by atoms with Crippen LogP contribution in [0.1, 0.15) is 5.56 Å². The Kier molecular flexibility index (Phi) is 3.92. The van der Waals surface area contributed by atoms with Gasteiger partial charge in [-0.3, -0.25) is 4.55 Å². The van der Waals surface area contributed by atoms with Gasteiger partial charge in [0.1, 0.15) is 5.69 Å². The number of rotatable bonds is 3. The van der Waals surface area contributed by atoms with E-state index in [4.69, 9.17) is 16.0 Å². The summed E-state index contributed by atoms with van der Waals surface area (Å²) in [5.41, 5.74) is 14.2. The molecule has 0 spiro atoms. The predicted molar refractivity (Wildman–Crippen MR) is 80.4 cm³/mol. The van der Waals surface area contributed by atoms with Crippen LogP contribution in [0.15, 0.2) is 51.5 Å². The molecule has 0 fully saturated rings. The van der Waals surface area contributed by atoms with E-state index in [2.05, 4.69) is 10.2 Å². The van der Waals surface area contributed by atoms with Crippen LogP contribution in [0.3, 0.4) is 0 Å². The van der Waals surface area contributed by atoms with Crippen molar-refractivity contribution >= 4 is 32.9 Å². The summed E-state index contributed by atoms with van der Waals surface area (Å²) in [4.78, 5) is -0.204. The maximum absolute atomic E-state index is 10.9. The van der Waals surface area contributed by atoms with Crippen molar-refractivity contribution in [1.29, 1.82) is 0 Å². The molecule has 0 bridgehead atoms. The van der Waals surface area contributed by atoms with Crippen LogP contribution in [-0.2, 0) is 10.1 Å². The van der Waals surface area contributed by atoms with Gasteiger partial charge in [0, 0.05) is 5.69 Å². The van der Waals surface area contributed by atoms with Gasteiger partial charge in [-0.05, 0) is 48.9 Å². The van der Waals surface area contributed by atoms with Gasteiger partial charge >= 0.3 is 0 Å². The molecule has 0 radical (unpaired) electrons. The van der Waals surface area contributed by atoms with Crippen LogP contribution >= 0.6 is 0 Å². The van der Waals surface area contributed by atoms with E-state index in [-0.39, 0.29) is 4.90 Å². The second-order valence-corrected chi connectivity index (χ2v) is 5.80. The molecule has 0 atom stereocenters. The van der Waals surface area contributed by atoms with Crippen LogP contribution in [0.5, 0.6) is 0 Å². The molecule has 2 aromatic rings. The predicted octanol–water partition coefficient (Wildman–Crippen LogP) is 2.82. The van der Waals surface area contributed by atoms with Crippen molar-refractivity contribution in [3.8, 4) is 0 Å². The lowest BCUT2D eigenvalue weighted by Gasteiger charge is -2.05. The Balaban J connectivity index is 2.28. The van der Waals surface area contributed by atoms with Crippen molar-refractivity contribution in [2.45, 2.75) is 11.8 Å². The number of nitrogens with two attached hydrogens (primary N) is 2. The Morgan fingerprint density at radius 3 is 2.19 bits per heavy atom. The van der Waals surface area contributed by atoms with Crippen LogP contribution < -0.4 is 11.5 Å². The van der Waals surface area contributed by atoms with Crippen molar-refractivity contribution in [1.82, 2.24) is 0 Å². The molecule has 0 aliphatic heterocycles. The summed E-state index contributed by atoms with van der Waals surface area (Å²) in [7, 11) is -4.21. The van der Waals surface area contributed by atoms with E-state index in [9.17, 15) is 8.42 Å². The van der Waals surface area contributed by atoms with Crippen molar-refractivity contribution in [2.24, 2.45) is 10.2 Å². The average Bonchev–Trinajstić information content (AvgIpc) is 2.43. The molecule has 0 saturated carbocycles. The number of anilines is 2. The van der Waals surface area contributed by atoms with Gasteiger partial charge in [-0.2, -0.15) is 13.5 Å². The first-order valence-corrected chi connectivity index (χ1v) is 7.37. The van der Waals surface area contributed by atoms with Gasteiger partial charge in [-0.25, -0.2) is 0 Å². The van der Waals surface area contributed by atoms with E-state index in [0.717, 1.165) is 5.56 Å². The van der Waals surface area contributed by atoms with Gasteiger partial charge in [-0.15, -0.1) is 5.11 Å². The number of azo groups is 1. The summed E-state index contributed by atoms with van der Waals surface area (Å²) in [5.74, 6) is 0. The van der Waals surface area contributed by atoms with Crippen molar-refractivity contribution < 1.29 is 13.0 Å². The minimum atomic E-state index is -4.21. The zero-order valence-electron chi connectivity index (χ0n) is 11.2. The quantitative estimate of drug-likeness (QED) is 0.456. The summed E-state index contributed by atoms with van der Waals surface area (Å²) in [6, 6.07) is 8.65. The Morgan fingerprint density at radius 2 is 1.62 bits per heavy atom. The van der Waals surface area contributed by atoms with E-state index < -0.39 is 10.1 Å². The fourth-order valence-electron chi connectivity index (χ4n) is 1.61. The first kappa shape index (κ1) is 14.9. The molecular weight excluding hydrogens is 292 g/mol. The highest BCUT2D eigenvalue weighted by Crippen LogP contribution is 2.30. The van der Waals surface area contributed by atoms with E-state index in [1.807, 2.05) is 0 Å². The van der Waals surface area contributed by atoms with Crippen LogP contribution in [0, 0.1) is 6.92 Å². The maximum Gasteiger partial charge on any atom is 0.294 e. The molecule has 2 aromatic carbocycles. The fourth-order valence-corrected chi connectivity index (χ4v) is 2.09. The van der Waals surface area contributed by atoms with E-state index in [0.29, 0.717) is 22.7 Å². The first-order valence-electron chi connectivity index (χ1n) is 5.93. The molecule has 0 aliphatic carbocycles. The normalized spacial score (nSPS) is 11.9. The summed E-state index contributed by atoms with van der Waals surface area (Å²) in [6.07, 6.45) is 0. The molecule has 0 aliphatic rings. The molecule has 21 heavy (non-hydrogen) atoms. The molecule has 8 heteroatoms. The highest BCUT2D eigenvalue weighted by Gasteiger charge is 2.08. The molecule has 0 heterocycles. The number of hydrogen-bond donors (Lipinski definition) is 3. The number of nitrogens with zero attached hydrogens (tertiary/aromatic N) is 2. The van der Waals surface area contributed by atoms with E-state index in [1.165, 1.54) is 24.3 Å². The van der Waals surface area contributed by atoms with Crippen LogP contribution in [0.2, 0.25) is 0 Å². The van der Waals surface area contributed by atoms with Gasteiger partial charge in [0.15, 0.2) is 0 Å². The lowest BCUT2D eigenvalue weighted by molar-refractivity contribution is 0.483. The molecule has 5 N–H and O–H groups in total. The van der Waals surface area contributed by atoms with Gasteiger partial charge in [0.05, 0.1) is 16.3 Å². The Bertz CT molecular complexity index is 799. The van der Waals surface area contributed by atoms with E-state index in [1.54, 1.807) is 19.1 Å². The molecule has 0 unspecified atom stereocenters. The fraction of sp³-hybridized carbons (Fsp3) is 0.0769. The molecule has 110 valence electrons. The third-order valence-electron chi connectivity index (χ3n) is 2.94. The summed E-state index contributed by atoms with van der Waals surface area (Å²) < 4.78 is 30.7. The third kappa shape index (κ3) is 3.36. The Hall–Kier alpha value is -2.45. The van der Waals surface area contributed by atoms with Gasteiger partial charge in [-0.1, -0.05) is 0 Å². The zero-order valence-corrected chi connectivity index (χ0v) is 12.0. The molecule has 2 rings (SSSR count). The largest absolute Gasteiger partial charge is 0.398 e. The topological polar surface area (TPSA) is 131 Å². The number of hydrogen-bond acceptors (Lipinski definition) is 6. The summed E-state index contributed by atoms with van der Waals surface area (Å²) in [5, 5.41) is 7.96. The maximum atomic E-state index is 10.9. The van der Waals surface area contributed by atoms with Crippen LogP contribution in [-0.4, -0.2) is 13.0 Å². The molecule has 0 aromatic heterocycles. The standard InChI is InChI=1S/C13H14N4O3S/c1-8-11(14)6-7-12(13(8)15)17-16-9-2-4-10(5-3-9)21(18,19)20/h2-7H,14-15H2,1H3,(H,18,19,20). The van der Waals surface area contributed by atoms with Crippen LogP contribution in [0.4, 0.5) is 22.7 Å². The first-order chi connectivity index (χ1) is 9.79. The molecule has 0 saturated heterocycles. The van der Waals surface area contributed by atoms with Crippen molar-refractivity contribution in [3.05, 3.63) is 42.0 Å². The zero-order chi connectivity index (χ0) is 15.6. The minimum absolute atomic E-state index is 0.204. The van der Waals surface area contributed by atoms with Gasteiger partial charge < -0.3 is 11.5 Å².